The molecule has 2 rings (SSSR count). The molecule has 0 spiro atoms. The summed E-state index contributed by atoms with van der Waals surface area (Å²) in [5.41, 5.74) is 0.713. The number of anilines is 1. The van der Waals surface area contributed by atoms with E-state index in [1.54, 1.807) is 6.07 Å². The fourth-order valence-corrected chi connectivity index (χ4v) is 2.79. The highest BCUT2D eigenvalue weighted by Crippen LogP contribution is 2.24. The Morgan fingerprint density at radius 2 is 2.27 bits per heavy atom. The molecule has 0 aliphatic carbocycles. The van der Waals surface area contributed by atoms with E-state index < -0.39 is 0 Å². The van der Waals surface area contributed by atoms with E-state index in [0.717, 1.165) is 31.5 Å². The molecule has 6 heteroatoms. The lowest BCUT2D eigenvalue weighted by Gasteiger charge is -2.34. The van der Waals surface area contributed by atoms with Crippen LogP contribution in [0.3, 0.4) is 0 Å². The molecule has 1 atom stereocenters. The molecule has 1 fully saturated rings. The molecule has 0 saturated carbocycles. The minimum absolute atomic E-state index is 0.0959. The van der Waals surface area contributed by atoms with Crippen LogP contribution in [0.5, 0.6) is 0 Å². The number of nitrogens with one attached hydrogen (secondary N) is 1. The van der Waals surface area contributed by atoms with Gasteiger partial charge in [-0.3, -0.25) is 15.0 Å². The average Bonchev–Trinajstić information content (AvgIpc) is 2.89. The van der Waals surface area contributed by atoms with Gasteiger partial charge in [0, 0.05) is 24.1 Å². The molecule has 0 radical (unpaired) electrons. The molecular formula is C16H27N3O3. The van der Waals surface area contributed by atoms with Gasteiger partial charge < -0.3 is 9.63 Å². The molecule has 1 aromatic rings. The lowest BCUT2D eigenvalue weighted by atomic mass is 9.92. The highest BCUT2D eigenvalue weighted by Gasteiger charge is 2.25. The number of carbonyl (C=O) groups excluding carboxylic acids is 1. The smallest absolute Gasteiger partial charge is 0.240 e. The van der Waals surface area contributed by atoms with Gasteiger partial charge in [0.15, 0.2) is 0 Å². The number of aliphatic hydroxyl groups excluding tert-OH is 1. The zero-order valence-corrected chi connectivity index (χ0v) is 13.8. The van der Waals surface area contributed by atoms with Gasteiger partial charge in [-0.1, -0.05) is 32.3 Å². The number of hydrogen-bond donors (Lipinski definition) is 2. The zero-order valence-electron chi connectivity index (χ0n) is 13.8. The second kappa shape index (κ2) is 7.24. The number of carbonyl (C=O) groups is 1. The standard InChI is InChI=1S/C16H27N3O3/c1-16(2,3)13-10-15(22-18-13)17-14(21)11-19-8-5-4-6-12(19)7-9-20/h10,12,20H,4-9,11H2,1-3H3,(H,17,21). The largest absolute Gasteiger partial charge is 0.396 e. The maximum Gasteiger partial charge on any atom is 0.240 e. The Labute approximate surface area is 131 Å². The number of nitrogens with zero attached hydrogens (tertiary/aromatic N) is 2. The first-order valence-corrected chi connectivity index (χ1v) is 8.02. The van der Waals surface area contributed by atoms with Crippen LogP contribution in [0, 0.1) is 0 Å². The van der Waals surface area contributed by atoms with Crippen LogP contribution in [0.4, 0.5) is 5.88 Å². The Kier molecular flexibility index (Phi) is 5.58. The summed E-state index contributed by atoms with van der Waals surface area (Å²) >= 11 is 0. The van der Waals surface area contributed by atoms with Crippen molar-refractivity contribution in [2.75, 3.05) is 25.0 Å². The number of aliphatic hydroxyl groups is 1. The minimum Gasteiger partial charge on any atom is -0.396 e. The Morgan fingerprint density at radius 1 is 1.50 bits per heavy atom. The van der Waals surface area contributed by atoms with E-state index in [9.17, 15) is 4.79 Å². The van der Waals surface area contributed by atoms with E-state index in [4.69, 9.17) is 9.63 Å². The first-order valence-electron chi connectivity index (χ1n) is 8.02. The van der Waals surface area contributed by atoms with Crippen LogP contribution in [0.1, 0.15) is 52.1 Å². The van der Waals surface area contributed by atoms with Crippen molar-refractivity contribution in [1.29, 1.82) is 0 Å². The fraction of sp³-hybridized carbons (Fsp3) is 0.750. The number of hydrogen-bond acceptors (Lipinski definition) is 5. The highest BCUT2D eigenvalue weighted by atomic mass is 16.5. The Bertz CT molecular complexity index is 491. The first kappa shape index (κ1) is 17.0. The van der Waals surface area contributed by atoms with Crippen molar-refractivity contribution in [3.05, 3.63) is 11.8 Å². The Balaban J connectivity index is 1.90. The molecule has 1 saturated heterocycles. The van der Waals surface area contributed by atoms with E-state index in [2.05, 4.69) is 15.4 Å². The molecule has 124 valence electrons. The van der Waals surface area contributed by atoms with Crippen LogP contribution in [0.15, 0.2) is 10.6 Å². The molecule has 1 aromatic heterocycles. The van der Waals surface area contributed by atoms with Gasteiger partial charge in [0.25, 0.3) is 0 Å². The summed E-state index contributed by atoms with van der Waals surface area (Å²) in [4.78, 5) is 14.3. The summed E-state index contributed by atoms with van der Waals surface area (Å²) in [5.74, 6) is 0.298. The van der Waals surface area contributed by atoms with Crippen LogP contribution in [0.2, 0.25) is 0 Å². The monoisotopic (exact) mass is 309 g/mol. The topological polar surface area (TPSA) is 78.6 Å². The van der Waals surface area contributed by atoms with Crippen molar-refractivity contribution in [3.8, 4) is 0 Å². The molecule has 6 nitrogen and oxygen atoms in total. The third-order valence-corrected chi connectivity index (χ3v) is 4.10. The Hall–Kier alpha value is -1.40. The van der Waals surface area contributed by atoms with Crippen molar-refractivity contribution in [2.24, 2.45) is 0 Å². The van der Waals surface area contributed by atoms with Gasteiger partial charge in [0.1, 0.15) is 0 Å². The predicted molar refractivity (Wildman–Crippen MR) is 84.7 cm³/mol. The van der Waals surface area contributed by atoms with E-state index in [0.29, 0.717) is 18.5 Å². The van der Waals surface area contributed by atoms with Crippen LogP contribution in [-0.4, -0.2) is 46.8 Å². The average molecular weight is 309 g/mol. The molecule has 0 bridgehead atoms. The van der Waals surface area contributed by atoms with Gasteiger partial charge in [-0.05, 0) is 25.8 Å². The summed E-state index contributed by atoms with van der Waals surface area (Å²) in [6.07, 6.45) is 4.04. The molecule has 1 aliphatic heterocycles. The molecule has 2 N–H and O–H groups in total. The van der Waals surface area contributed by atoms with Gasteiger partial charge in [-0.25, -0.2) is 0 Å². The van der Waals surface area contributed by atoms with Crippen molar-refractivity contribution in [3.63, 3.8) is 0 Å². The fourth-order valence-electron chi connectivity index (χ4n) is 2.79. The van der Waals surface area contributed by atoms with Crippen LogP contribution in [-0.2, 0) is 10.2 Å². The summed E-state index contributed by atoms with van der Waals surface area (Å²) in [6.45, 7) is 7.54. The van der Waals surface area contributed by atoms with E-state index in [1.165, 1.54) is 6.42 Å². The second-order valence-corrected chi connectivity index (χ2v) is 7.01. The lowest BCUT2D eigenvalue weighted by molar-refractivity contribution is -0.118. The van der Waals surface area contributed by atoms with Gasteiger partial charge in [0.2, 0.25) is 11.8 Å². The van der Waals surface area contributed by atoms with Gasteiger partial charge in [0.05, 0.1) is 12.2 Å². The number of piperidine rings is 1. The van der Waals surface area contributed by atoms with Crippen molar-refractivity contribution >= 4 is 11.8 Å². The van der Waals surface area contributed by atoms with Crippen LogP contribution < -0.4 is 5.32 Å². The third kappa shape index (κ3) is 4.55. The van der Waals surface area contributed by atoms with Crippen molar-refractivity contribution < 1.29 is 14.4 Å². The van der Waals surface area contributed by atoms with Crippen LogP contribution in [0.25, 0.3) is 0 Å². The zero-order chi connectivity index (χ0) is 16.2. The van der Waals surface area contributed by atoms with E-state index in [-0.39, 0.29) is 17.9 Å². The summed E-state index contributed by atoms with van der Waals surface area (Å²) in [5, 5.41) is 15.9. The van der Waals surface area contributed by atoms with Crippen molar-refractivity contribution in [1.82, 2.24) is 10.1 Å². The van der Waals surface area contributed by atoms with E-state index >= 15 is 0 Å². The summed E-state index contributed by atoms with van der Waals surface area (Å²) in [6, 6.07) is 2.07. The molecule has 2 heterocycles. The Morgan fingerprint density at radius 3 is 2.91 bits per heavy atom. The summed E-state index contributed by atoms with van der Waals surface area (Å²) < 4.78 is 5.18. The van der Waals surface area contributed by atoms with Gasteiger partial charge in [-0.15, -0.1) is 0 Å². The SMILES string of the molecule is CC(C)(C)c1cc(NC(=O)CN2CCCCC2CCO)on1. The number of aromatic nitrogens is 1. The lowest BCUT2D eigenvalue weighted by Crippen LogP contribution is -2.44. The number of likely N-dealkylation sites (tertiary alicyclic amines) is 1. The first-order chi connectivity index (χ1) is 10.4. The quantitative estimate of drug-likeness (QED) is 0.871. The predicted octanol–water partition coefficient (Wildman–Crippen LogP) is 2.15. The van der Waals surface area contributed by atoms with Crippen molar-refractivity contribution in [2.45, 2.75) is 57.9 Å². The number of rotatable bonds is 5. The maximum atomic E-state index is 12.2. The third-order valence-electron chi connectivity index (χ3n) is 4.10. The van der Waals surface area contributed by atoms with E-state index in [1.807, 2.05) is 20.8 Å². The minimum atomic E-state index is -0.106. The summed E-state index contributed by atoms with van der Waals surface area (Å²) in [7, 11) is 0. The molecule has 1 aliphatic rings. The molecule has 0 aromatic carbocycles. The van der Waals surface area contributed by atoms with Crippen LogP contribution >= 0.6 is 0 Å². The molecular weight excluding hydrogens is 282 g/mol. The number of amides is 1. The normalized spacial score (nSPS) is 20.1. The molecule has 22 heavy (non-hydrogen) atoms. The van der Waals surface area contributed by atoms with Gasteiger partial charge >= 0.3 is 0 Å². The highest BCUT2D eigenvalue weighted by molar-refractivity contribution is 5.91. The van der Waals surface area contributed by atoms with Gasteiger partial charge in [-0.2, -0.15) is 0 Å². The molecule has 1 amide bonds. The molecule has 1 unspecified atom stereocenters. The second-order valence-electron chi connectivity index (χ2n) is 7.01. The maximum absolute atomic E-state index is 12.2.